The molecule has 0 fully saturated rings. The summed E-state index contributed by atoms with van der Waals surface area (Å²) in [5.74, 6) is 3.92. The lowest BCUT2D eigenvalue weighted by Crippen LogP contribution is -2.26. The topological polar surface area (TPSA) is 201 Å². The van der Waals surface area contributed by atoms with Crippen LogP contribution in [0.4, 0.5) is 34.9 Å². The summed E-state index contributed by atoms with van der Waals surface area (Å²) in [6.07, 6.45) is 9.53. The van der Waals surface area contributed by atoms with E-state index in [1.807, 2.05) is 9.80 Å². The fourth-order valence-corrected chi connectivity index (χ4v) is 6.12. The van der Waals surface area contributed by atoms with E-state index in [1.54, 1.807) is 104 Å². The van der Waals surface area contributed by atoms with Crippen LogP contribution in [0.1, 0.15) is 32.6 Å². The number of methoxy groups -OCH3 is 6. The van der Waals surface area contributed by atoms with Crippen LogP contribution in [0.25, 0.3) is 0 Å². The summed E-state index contributed by atoms with van der Waals surface area (Å²) in [5.41, 5.74) is 2.35. The Balaban J connectivity index is 0.000000221. The highest BCUT2D eigenvalue weighted by Crippen LogP contribution is 2.41. The van der Waals surface area contributed by atoms with Crippen molar-refractivity contribution in [3.8, 4) is 34.5 Å². The van der Waals surface area contributed by atoms with Crippen LogP contribution in [0.2, 0.25) is 0 Å². The summed E-state index contributed by atoms with van der Waals surface area (Å²) in [4.78, 5) is 44.6. The second-order valence-corrected chi connectivity index (χ2v) is 12.5. The molecule has 6 rings (SSSR count). The predicted octanol–water partition coefficient (Wildman–Crippen LogP) is 6.11. The zero-order valence-corrected chi connectivity index (χ0v) is 33.5. The molecular weight excluding hydrogens is 752 g/mol. The van der Waals surface area contributed by atoms with Crippen molar-refractivity contribution in [2.24, 2.45) is 0 Å². The van der Waals surface area contributed by atoms with Gasteiger partial charge in [0.2, 0.25) is 23.4 Å². The number of aliphatic carboxylic acids is 1. The van der Waals surface area contributed by atoms with Gasteiger partial charge in [-0.2, -0.15) is 9.97 Å². The first-order chi connectivity index (χ1) is 28.1. The Morgan fingerprint density at radius 1 is 0.655 bits per heavy atom. The summed E-state index contributed by atoms with van der Waals surface area (Å²) < 4.78 is 37.3. The van der Waals surface area contributed by atoms with Crippen molar-refractivity contribution in [3.63, 3.8) is 0 Å². The van der Waals surface area contributed by atoms with Crippen LogP contribution in [0.3, 0.4) is 0 Å². The molecule has 4 heterocycles. The second-order valence-electron chi connectivity index (χ2n) is 12.5. The number of nitrogens with zero attached hydrogens (tertiary/aromatic N) is 6. The van der Waals surface area contributed by atoms with Crippen LogP contribution in [0.5, 0.6) is 34.5 Å². The van der Waals surface area contributed by atoms with Gasteiger partial charge in [-0.15, -0.1) is 0 Å². The van der Waals surface area contributed by atoms with Gasteiger partial charge in [0, 0.05) is 73.5 Å². The molecule has 0 radical (unpaired) electrons. The molecule has 2 aromatic carbocycles. The Morgan fingerprint density at radius 2 is 1.07 bits per heavy atom. The molecule has 0 aliphatic carbocycles. The molecule has 58 heavy (non-hydrogen) atoms. The molecule has 3 N–H and O–H groups in total. The van der Waals surface area contributed by atoms with Crippen molar-refractivity contribution in [1.29, 1.82) is 0 Å². The Morgan fingerprint density at radius 3 is 1.45 bits per heavy atom. The highest BCUT2D eigenvalue weighted by molar-refractivity contribution is 5.89. The Kier molecular flexibility index (Phi) is 14.7. The number of hydrogen-bond donors (Lipinski definition) is 3. The fraction of sp³-hybridized carbons (Fsp3) is 0.350. The summed E-state index contributed by atoms with van der Waals surface area (Å²) in [6, 6.07) is 10.6. The third kappa shape index (κ3) is 10.4. The number of ether oxygens (including phenoxy) is 7. The van der Waals surface area contributed by atoms with Gasteiger partial charge >= 0.3 is 11.9 Å². The maximum atomic E-state index is 12.1. The molecule has 0 spiro atoms. The second kappa shape index (κ2) is 20.3. The van der Waals surface area contributed by atoms with Crippen LogP contribution in [0.15, 0.2) is 72.3 Å². The minimum atomic E-state index is -0.908. The number of hydrogen-bond acceptors (Lipinski definition) is 17. The normalized spacial score (nSPS) is 13.4. The van der Waals surface area contributed by atoms with Crippen LogP contribution in [-0.4, -0.2) is 99.3 Å². The third-order valence-corrected chi connectivity index (χ3v) is 8.84. The average Bonchev–Trinajstić information content (AvgIpc) is 3.26. The lowest BCUT2D eigenvalue weighted by atomic mass is 10.1. The number of rotatable bonds is 15. The first kappa shape index (κ1) is 42.2. The van der Waals surface area contributed by atoms with Gasteiger partial charge in [-0.05, 0) is 44.7 Å². The minimum absolute atomic E-state index is 0.285. The van der Waals surface area contributed by atoms with E-state index < -0.39 is 5.97 Å². The van der Waals surface area contributed by atoms with Gasteiger partial charge in [0.25, 0.3) is 0 Å². The number of carboxylic acid groups (broad SMARTS) is 1. The molecule has 0 bridgehead atoms. The zero-order valence-electron chi connectivity index (χ0n) is 33.5. The van der Waals surface area contributed by atoms with Gasteiger partial charge < -0.3 is 58.7 Å². The standard InChI is InChI=1S/C21H26N4O5.C19H22N4O5/c1-5-30-20(26)14-7-6-10-25(13-14)18-8-9-22-21(24-18)23-15-11-16(27-2)19(29-4)17(12-15)28-3;1-26-14-9-13(10-15(27-2)17(14)28-3)21-19-20-7-6-16(22-19)23-8-4-5-12(11-23)18(24)25/h8-9,11-13H,5-7,10H2,1-4H3,(H,22,23,24);6-7,9-11H,4-5,8H2,1-3H3,(H,24,25)(H,20,21,22). The van der Waals surface area contributed by atoms with Crippen molar-refractivity contribution < 1.29 is 47.9 Å². The molecule has 0 atom stereocenters. The van der Waals surface area contributed by atoms with Gasteiger partial charge in [0.15, 0.2) is 23.0 Å². The van der Waals surface area contributed by atoms with Crippen LogP contribution >= 0.6 is 0 Å². The number of benzene rings is 2. The van der Waals surface area contributed by atoms with Gasteiger partial charge in [0.05, 0.1) is 60.4 Å². The van der Waals surface area contributed by atoms with Gasteiger partial charge in [-0.1, -0.05) is 0 Å². The number of anilines is 6. The molecule has 18 nitrogen and oxygen atoms in total. The van der Waals surface area contributed by atoms with Crippen molar-refractivity contribution in [3.05, 3.63) is 72.3 Å². The van der Waals surface area contributed by atoms with Gasteiger partial charge in [-0.3, -0.25) is 0 Å². The number of carbonyl (C=O) groups excluding carboxylic acids is 1. The van der Waals surface area contributed by atoms with Crippen LogP contribution < -0.4 is 48.9 Å². The highest BCUT2D eigenvalue weighted by Gasteiger charge is 2.21. The third-order valence-electron chi connectivity index (χ3n) is 8.84. The van der Waals surface area contributed by atoms with Crippen molar-refractivity contribution in [2.45, 2.75) is 32.6 Å². The van der Waals surface area contributed by atoms with E-state index in [0.29, 0.717) is 107 Å². The Hall–Kier alpha value is -6.98. The number of esters is 1. The van der Waals surface area contributed by atoms with E-state index in [-0.39, 0.29) is 5.97 Å². The smallest absolute Gasteiger partial charge is 0.335 e. The monoisotopic (exact) mass is 800 g/mol. The number of carbonyl (C=O) groups is 2. The number of carboxylic acids is 1. The molecule has 0 unspecified atom stereocenters. The lowest BCUT2D eigenvalue weighted by Gasteiger charge is -2.25. The summed E-state index contributed by atoms with van der Waals surface area (Å²) in [7, 11) is 9.29. The van der Waals surface area contributed by atoms with Crippen LogP contribution in [-0.2, 0) is 14.3 Å². The molecule has 0 amide bonds. The van der Waals surface area contributed by atoms with Crippen molar-refractivity contribution in [1.82, 2.24) is 19.9 Å². The molecule has 308 valence electrons. The SMILES string of the molecule is CCOC(=O)C1=CN(c2ccnc(Nc3cc(OC)c(OC)c(OC)c3)n2)CCC1.COc1cc(Nc2nccc(N3C=C(C(=O)O)CCC3)n2)cc(OC)c1OC. The van der Waals surface area contributed by atoms with Gasteiger partial charge in [-0.25, -0.2) is 19.6 Å². The molecule has 18 heteroatoms. The fourth-order valence-electron chi connectivity index (χ4n) is 6.12. The lowest BCUT2D eigenvalue weighted by molar-refractivity contribution is -0.138. The van der Waals surface area contributed by atoms with Gasteiger partial charge in [0.1, 0.15) is 11.6 Å². The average molecular weight is 801 g/mol. The maximum Gasteiger partial charge on any atom is 0.335 e. The summed E-state index contributed by atoms with van der Waals surface area (Å²) in [6.45, 7) is 3.60. The van der Waals surface area contributed by atoms with E-state index in [4.69, 9.17) is 33.2 Å². The van der Waals surface area contributed by atoms with Crippen molar-refractivity contribution in [2.75, 3.05) is 82.8 Å². The molecule has 0 saturated heterocycles. The number of aromatic nitrogens is 4. The minimum Gasteiger partial charge on any atom is -0.493 e. The predicted molar refractivity (Wildman–Crippen MR) is 216 cm³/mol. The van der Waals surface area contributed by atoms with E-state index >= 15 is 0 Å². The first-order valence-electron chi connectivity index (χ1n) is 18.3. The van der Waals surface area contributed by atoms with E-state index in [9.17, 15) is 14.7 Å². The molecular formula is C40H48N8O10. The summed E-state index contributed by atoms with van der Waals surface area (Å²) >= 11 is 0. The van der Waals surface area contributed by atoms with E-state index in [1.165, 1.54) is 7.11 Å². The van der Waals surface area contributed by atoms with E-state index in [0.717, 1.165) is 19.4 Å². The molecule has 2 aliphatic rings. The molecule has 2 aliphatic heterocycles. The number of nitrogens with one attached hydrogen (secondary N) is 2. The quantitative estimate of drug-likeness (QED) is 0.116. The first-order valence-corrected chi connectivity index (χ1v) is 18.3. The summed E-state index contributed by atoms with van der Waals surface area (Å²) in [5, 5.41) is 15.5. The molecule has 0 saturated carbocycles. The Labute approximate surface area is 336 Å². The Bertz CT molecular complexity index is 2080. The molecule has 4 aromatic rings. The maximum absolute atomic E-state index is 12.1. The highest BCUT2D eigenvalue weighted by atomic mass is 16.5. The van der Waals surface area contributed by atoms with Crippen LogP contribution in [0, 0.1) is 0 Å². The van der Waals surface area contributed by atoms with E-state index in [2.05, 4.69) is 30.6 Å². The largest absolute Gasteiger partial charge is 0.493 e. The van der Waals surface area contributed by atoms with Crippen molar-refractivity contribution >= 4 is 46.8 Å². The zero-order chi connectivity index (χ0) is 41.6. The molecule has 2 aromatic heterocycles.